The van der Waals surface area contributed by atoms with Gasteiger partial charge in [0.15, 0.2) is 12.2 Å². The van der Waals surface area contributed by atoms with Crippen LogP contribution in [0.5, 0.6) is 0 Å². The monoisotopic (exact) mass is 542 g/mol. The van der Waals surface area contributed by atoms with Crippen LogP contribution in [0.3, 0.4) is 0 Å². The van der Waals surface area contributed by atoms with Crippen LogP contribution in [0.4, 0.5) is 17.8 Å². The average molecular weight is 543 g/mol. The van der Waals surface area contributed by atoms with Crippen LogP contribution in [0.15, 0.2) is 47.2 Å². The molecule has 0 fully saturated rings. The number of aromatic nitrogens is 3. The molecule has 0 spiro atoms. The highest BCUT2D eigenvalue weighted by Crippen LogP contribution is 2.25. The van der Waals surface area contributed by atoms with E-state index in [1.54, 1.807) is 17.1 Å². The number of hydrogen-bond acceptors (Lipinski definition) is 12. The molecular weight excluding hydrogens is 512 g/mol. The Bertz CT molecular complexity index is 1190. The highest BCUT2D eigenvalue weighted by Gasteiger charge is 2.30. The summed E-state index contributed by atoms with van der Waals surface area (Å²) in [7, 11) is 5.81. The zero-order valence-corrected chi connectivity index (χ0v) is 21.9. The van der Waals surface area contributed by atoms with Crippen LogP contribution < -0.4 is 15.5 Å². The lowest BCUT2D eigenvalue weighted by atomic mass is 10.1. The maximum absolute atomic E-state index is 9.54. The summed E-state index contributed by atoms with van der Waals surface area (Å²) in [5, 5.41) is 25.2. The molecule has 0 bridgehead atoms. The van der Waals surface area contributed by atoms with Gasteiger partial charge in [-0.2, -0.15) is 24.5 Å². The van der Waals surface area contributed by atoms with Crippen molar-refractivity contribution in [1.29, 1.82) is 0 Å². The summed E-state index contributed by atoms with van der Waals surface area (Å²) < 4.78 is 21.6. The van der Waals surface area contributed by atoms with Crippen LogP contribution in [-0.2, 0) is 18.9 Å². The van der Waals surface area contributed by atoms with Crippen molar-refractivity contribution in [3.8, 4) is 0 Å². The van der Waals surface area contributed by atoms with Crippen molar-refractivity contribution in [2.45, 2.75) is 12.2 Å². The van der Waals surface area contributed by atoms with Crippen molar-refractivity contribution in [3.63, 3.8) is 0 Å². The predicted octanol–water partition coefficient (Wildman–Crippen LogP) is -0.286. The lowest BCUT2D eigenvalue weighted by Crippen LogP contribution is -2.32. The molecule has 39 heavy (non-hydrogen) atoms. The molecule has 0 amide bonds. The van der Waals surface area contributed by atoms with E-state index in [-0.39, 0.29) is 55.6 Å². The zero-order valence-electron chi connectivity index (χ0n) is 21.9. The molecule has 2 unspecified atom stereocenters. The van der Waals surface area contributed by atoms with Crippen LogP contribution in [0.1, 0.15) is 0 Å². The van der Waals surface area contributed by atoms with Crippen LogP contribution >= 0.6 is 0 Å². The Morgan fingerprint density at radius 1 is 0.795 bits per heavy atom. The van der Waals surface area contributed by atoms with Gasteiger partial charge in [0.05, 0.1) is 51.0 Å². The smallest absolute Gasteiger partial charge is 0.328 e. The quantitative estimate of drug-likeness (QED) is 0.187. The van der Waals surface area contributed by atoms with Crippen LogP contribution in [-0.4, -0.2) is 113 Å². The number of hydrogen-bond donors (Lipinski definition) is 4. The molecule has 16 heteroatoms. The molecule has 2 aliphatic carbocycles. The van der Waals surface area contributed by atoms with Gasteiger partial charge in [0.1, 0.15) is 11.5 Å². The number of aliphatic hydroxyl groups is 2. The molecule has 4 N–H and O–H groups in total. The minimum Gasteiger partial charge on any atom is -0.494 e. The number of methoxy groups -OCH3 is 4. The number of anilines is 3. The van der Waals surface area contributed by atoms with Gasteiger partial charge in [-0.15, -0.1) is 0 Å². The molecule has 1 heterocycles. The second-order valence-corrected chi connectivity index (χ2v) is 7.92. The zero-order chi connectivity index (χ0) is 28.4. The summed E-state index contributed by atoms with van der Waals surface area (Å²) in [6.45, 7) is -0.132. The standard InChI is InChI=1S/C23H30N10O6/c1-36-17-11-15(31-24)19(38-3)9-13(17)26-21-28-22(30-23(29-21)33(5-7-34)6-8-35)27-14-10-20(39-4)16(32-25)12-18(14)37-2/h9-12,19-20,34-35H,5-8H2,1-4H3,(H2,26,27,28,29,30). The number of ether oxygens (including phenoxy) is 4. The summed E-state index contributed by atoms with van der Waals surface area (Å²) in [6, 6.07) is 0. The maximum atomic E-state index is 9.54. The molecule has 0 aromatic carbocycles. The first kappa shape index (κ1) is 29.1. The first-order valence-corrected chi connectivity index (χ1v) is 11.7. The topological polar surface area (TPSA) is 216 Å². The van der Waals surface area contributed by atoms with Gasteiger partial charge in [-0.05, 0) is 12.2 Å². The molecular formula is C23H30N10O6. The summed E-state index contributed by atoms with van der Waals surface area (Å²) in [5.74, 6) is 0.967. The largest absolute Gasteiger partial charge is 0.494 e. The van der Waals surface area contributed by atoms with Crippen LogP contribution in [0.25, 0.3) is 11.1 Å². The van der Waals surface area contributed by atoms with Gasteiger partial charge < -0.3 is 55.8 Å². The van der Waals surface area contributed by atoms with Gasteiger partial charge in [0.2, 0.25) is 17.8 Å². The normalized spacial score (nSPS) is 18.6. The predicted molar refractivity (Wildman–Crippen MR) is 139 cm³/mol. The van der Waals surface area contributed by atoms with E-state index in [0.29, 0.717) is 22.9 Å². The molecule has 0 saturated carbocycles. The molecule has 2 aliphatic rings. The fourth-order valence-corrected chi connectivity index (χ4v) is 3.73. The first-order valence-electron chi connectivity index (χ1n) is 11.7. The number of aliphatic hydroxyl groups excluding tert-OH is 2. The number of nitrogens with zero attached hydrogens (tertiary/aromatic N) is 8. The van der Waals surface area contributed by atoms with Gasteiger partial charge in [0.25, 0.3) is 0 Å². The number of nitrogens with one attached hydrogen (secondary N) is 2. The Hall–Kier alpha value is -4.43. The minimum absolute atomic E-state index is 0.0806. The Morgan fingerprint density at radius 2 is 1.23 bits per heavy atom. The molecule has 0 aliphatic heterocycles. The molecule has 2 atom stereocenters. The van der Waals surface area contributed by atoms with Crippen molar-refractivity contribution >= 4 is 29.3 Å². The van der Waals surface area contributed by atoms with Gasteiger partial charge in [-0.3, -0.25) is 0 Å². The highest BCUT2D eigenvalue weighted by atomic mass is 16.5. The third-order valence-electron chi connectivity index (χ3n) is 5.63. The van der Waals surface area contributed by atoms with E-state index in [4.69, 9.17) is 18.9 Å². The molecule has 1 aromatic heterocycles. The summed E-state index contributed by atoms with van der Waals surface area (Å²) in [5.41, 5.74) is 19.9. The van der Waals surface area contributed by atoms with Gasteiger partial charge in [0, 0.05) is 27.3 Å². The van der Waals surface area contributed by atoms with Crippen molar-refractivity contribution in [2.24, 2.45) is 0 Å². The van der Waals surface area contributed by atoms with Crippen molar-refractivity contribution < 1.29 is 38.7 Å². The fourth-order valence-electron chi connectivity index (χ4n) is 3.73. The van der Waals surface area contributed by atoms with Gasteiger partial charge >= 0.3 is 11.4 Å². The van der Waals surface area contributed by atoms with Crippen LogP contribution in [0.2, 0.25) is 0 Å². The summed E-state index contributed by atoms with van der Waals surface area (Å²) in [6.07, 6.45) is 4.89. The Balaban J connectivity index is 2.06. The van der Waals surface area contributed by atoms with E-state index in [1.807, 2.05) is 0 Å². The average Bonchev–Trinajstić information content (AvgIpc) is 2.96. The van der Waals surface area contributed by atoms with E-state index in [1.165, 1.54) is 40.6 Å². The van der Waals surface area contributed by atoms with Gasteiger partial charge in [-0.25, -0.2) is 0 Å². The third-order valence-corrected chi connectivity index (χ3v) is 5.63. The lowest BCUT2D eigenvalue weighted by Gasteiger charge is -2.23. The van der Waals surface area contributed by atoms with E-state index in [2.05, 4.69) is 35.2 Å². The fraction of sp³-hybridized carbons (Fsp3) is 0.435. The minimum atomic E-state index is -0.675. The molecule has 0 saturated heterocycles. The van der Waals surface area contributed by atoms with Crippen LogP contribution in [0, 0.1) is 0 Å². The Morgan fingerprint density at radius 3 is 1.56 bits per heavy atom. The molecule has 16 nitrogen and oxygen atoms in total. The first-order chi connectivity index (χ1) is 18.9. The van der Waals surface area contributed by atoms with E-state index in [9.17, 15) is 21.3 Å². The van der Waals surface area contributed by atoms with E-state index < -0.39 is 12.2 Å². The SMILES string of the molecule is COC1=CC(=[N+]=[N-])C(OC)C=C1Nc1nc(NC2=CC(OC)C(=[N+]=[N-])C=C2OC)nc(N(CCO)CCO)n1. The van der Waals surface area contributed by atoms with E-state index >= 15 is 0 Å². The lowest BCUT2D eigenvalue weighted by molar-refractivity contribution is -0.0193. The van der Waals surface area contributed by atoms with Crippen molar-refractivity contribution in [2.75, 3.05) is 70.3 Å². The second-order valence-electron chi connectivity index (χ2n) is 7.92. The van der Waals surface area contributed by atoms with E-state index in [0.717, 1.165) is 0 Å². The Kier molecular flexibility index (Phi) is 10.4. The van der Waals surface area contributed by atoms with Gasteiger partial charge in [-0.1, -0.05) is 0 Å². The van der Waals surface area contributed by atoms with Crippen molar-refractivity contribution in [1.82, 2.24) is 15.0 Å². The summed E-state index contributed by atoms with van der Waals surface area (Å²) >= 11 is 0. The molecule has 3 rings (SSSR count). The third kappa shape index (κ3) is 6.91. The highest BCUT2D eigenvalue weighted by molar-refractivity contribution is 5.98. The summed E-state index contributed by atoms with van der Waals surface area (Å²) in [4.78, 5) is 21.4. The number of rotatable bonds is 13. The second kappa shape index (κ2) is 13.9. The maximum Gasteiger partial charge on any atom is 0.328 e. The molecule has 1 aromatic rings. The van der Waals surface area contributed by atoms with Crippen molar-refractivity contribution in [3.05, 3.63) is 58.3 Å². The molecule has 0 radical (unpaired) electrons. The molecule has 208 valence electrons. The Labute approximate surface area is 224 Å².